The number of halogens is 1. The zero-order chi connectivity index (χ0) is 12.6. The Hall–Kier alpha value is 0.466. The first-order chi connectivity index (χ1) is 8.88. The SMILES string of the molecule is Br.CCCCCC1CC[CH]([Mg][c]2ccccc2)CC1. The van der Waals surface area contributed by atoms with Crippen LogP contribution in [0.1, 0.15) is 58.3 Å². The van der Waals surface area contributed by atoms with Crippen LogP contribution in [0.2, 0.25) is 4.05 Å². The highest BCUT2D eigenvalue weighted by Gasteiger charge is 2.22. The van der Waals surface area contributed by atoms with E-state index in [1.807, 2.05) is 0 Å². The summed E-state index contributed by atoms with van der Waals surface area (Å²) in [7, 11) is 0. The first kappa shape index (κ1) is 17.5. The second-order valence-corrected chi connectivity index (χ2v) is 8.45. The van der Waals surface area contributed by atoms with Gasteiger partial charge in [-0.25, -0.2) is 0 Å². The van der Waals surface area contributed by atoms with Crippen LogP contribution in [0.3, 0.4) is 0 Å². The molecule has 104 valence electrons. The smallest absolute Gasteiger partial charge is 0.173 e. The maximum absolute atomic E-state index is 2.35. The highest BCUT2D eigenvalue weighted by Crippen LogP contribution is 2.34. The van der Waals surface area contributed by atoms with Gasteiger partial charge in [0.05, 0.1) is 0 Å². The maximum Gasteiger partial charge on any atom is 0.412 e. The number of hydrogen-bond acceptors (Lipinski definition) is 0. The van der Waals surface area contributed by atoms with Gasteiger partial charge in [-0.2, -0.15) is 3.69 Å². The summed E-state index contributed by atoms with van der Waals surface area (Å²) in [5, 5.41) is 0. The lowest BCUT2D eigenvalue weighted by molar-refractivity contribution is 0.329. The average Bonchev–Trinajstić information content (AvgIpc) is 2.42. The monoisotopic (exact) mass is 334 g/mol. The molecule has 1 aliphatic carbocycles. The van der Waals surface area contributed by atoms with Crippen molar-refractivity contribution in [1.82, 2.24) is 0 Å². The molecule has 19 heavy (non-hydrogen) atoms. The lowest BCUT2D eigenvalue weighted by Gasteiger charge is -2.28. The molecule has 1 aliphatic rings. The van der Waals surface area contributed by atoms with Crippen LogP contribution >= 0.6 is 17.0 Å². The molecule has 2 heteroatoms. The van der Waals surface area contributed by atoms with E-state index in [-0.39, 0.29) is 37.3 Å². The first-order valence-electron chi connectivity index (χ1n) is 7.92. The van der Waals surface area contributed by atoms with Crippen molar-refractivity contribution in [2.75, 3.05) is 0 Å². The standard InChI is InChI=1S/C11H21.C6H5.BrH.Mg/c1-2-3-5-8-11-9-6-4-7-10-11;1-2-4-6-5-3-1;;/h4,11H,2-3,5-10H2,1H3;1-5H;1H;. The largest absolute Gasteiger partial charge is 0.412 e. The van der Waals surface area contributed by atoms with Crippen LogP contribution in [0.25, 0.3) is 0 Å². The zero-order valence-corrected chi connectivity index (χ0v) is 15.4. The third-order valence-corrected chi connectivity index (χ3v) is 6.89. The van der Waals surface area contributed by atoms with Gasteiger partial charge in [-0.1, -0.05) is 88.6 Å². The minimum absolute atomic E-state index is 0. The van der Waals surface area contributed by atoms with E-state index in [1.54, 1.807) is 3.69 Å². The molecule has 0 nitrogen and oxygen atoms in total. The molecule has 1 fully saturated rings. The Morgan fingerprint density at radius 1 is 1.00 bits per heavy atom. The van der Waals surface area contributed by atoms with E-state index in [9.17, 15) is 0 Å². The van der Waals surface area contributed by atoms with Crippen molar-refractivity contribution >= 4 is 41.0 Å². The van der Waals surface area contributed by atoms with Crippen LogP contribution in [0.15, 0.2) is 30.3 Å². The van der Waals surface area contributed by atoms with Crippen molar-refractivity contribution in [1.29, 1.82) is 0 Å². The van der Waals surface area contributed by atoms with Crippen LogP contribution in [0.4, 0.5) is 0 Å². The lowest BCUT2D eigenvalue weighted by atomic mass is 9.85. The van der Waals surface area contributed by atoms with Gasteiger partial charge in [0.15, 0.2) is 0 Å². The maximum atomic E-state index is 2.35. The quantitative estimate of drug-likeness (QED) is 0.498. The van der Waals surface area contributed by atoms with E-state index in [4.69, 9.17) is 0 Å². The van der Waals surface area contributed by atoms with E-state index in [0.717, 1.165) is 9.97 Å². The van der Waals surface area contributed by atoms with Gasteiger partial charge in [-0.05, 0) is 5.92 Å². The predicted octanol–water partition coefficient (Wildman–Crippen LogP) is 5.15. The fourth-order valence-corrected chi connectivity index (χ4v) is 5.45. The Labute approximate surface area is 139 Å². The molecule has 0 spiro atoms. The molecule has 1 aromatic rings. The third kappa shape index (κ3) is 6.64. The minimum atomic E-state index is -0.00339. The summed E-state index contributed by atoms with van der Waals surface area (Å²) in [5.41, 5.74) is 0. The molecule has 1 aromatic carbocycles. The second kappa shape index (κ2) is 10.2. The third-order valence-electron chi connectivity index (χ3n) is 4.55. The Morgan fingerprint density at radius 3 is 2.32 bits per heavy atom. The zero-order valence-electron chi connectivity index (χ0n) is 12.3. The van der Waals surface area contributed by atoms with Gasteiger partial charge in [0.25, 0.3) is 0 Å². The molecule has 0 aromatic heterocycles. The fourth-order valence-electron chi connectivity index (χ4n) is 3.35. The number of benzene rings is 1. The van der Waals surface area contributed by atoms with Crippen molar-refractivity contribution < 1.29 is 0 Å². The van der Waals surface area contributed by atoms with Crippen molar-refractivity contribution in [2.45, 2.75) is 62.3 Å². The van der Waals surface area contributed by atoms with Gasteiger partial charge in [0.1, 0.15) is 0 Å². The molecule has 0 unspecified atom stereocenters. The molecule has 2 rings (SSSR count). The molecular weight excluding hydrogens is 308 g/mol. The molecule has 0 saturated heterocycles. The highest BCUT2D eigenvalue weighted by atomic mass is 79.9. The Morgan fingerprint density at radius 2 is 1.68 bits per heavy atom. The summed E-state index contributed by atoms with van der Waals surface area (Å²) < 4.78 is 2.77. The molecule has 0 aliphatic heterocycles. The van der Waals surface area contributed by atoms with Crippen LogP contribution in [-0.2, 0) is 0 Å². The van der Waals surface area contributed by atoms with Gasteiger partial charge >= 0.3 is 20.4 Å². The van der Waals surface area contributed by atoms with Crippen molar-refractivity contribution in [2.24, 2.45) is 5.92 Å². The first-order valence-corrected chi connectivity index (χ1v) is 9.44. The summed E-state index contributed by atoms with van der Waals surface area (Å²) in [6, 6.07) is 11.2. The Bertz CT molecular complexity index is 317. The van der Waals surface area contributed by atoms with Crippen molar-refractivity contribution in [3.63, 3.8) is 0 Å². The normalized spacial score (nSPS) is 22.4. The molecule has 0 atom stereocenters. The summed E-state index contributed by atoms with van der Waals surface area (Å²) in [6.07, 6.45) is 11.9. The molecule has 1 saturated carbocycles. The Balaban J connectivity index is 0.00000180. The molecule has 0 N–H and O–H groups in total. The molecule has 0 heterocycles. The summed E-state index contributed by atoms with van der Waals surface area (Å²) >= 11 is -0.00339. The average molecular weight is 336 g/mol. The topological polar surface area (TPSA) is 0 Å². The van der Waals surface area contributed by atoms with Crippen LogP contribution < -0.4 is 3.69 Å². The van der Waals surface area contributed by atoms with Gasteiger partial charge in [-0.15, -0.1) is 21.0 Å². The second-order valence-electron chi connectivity index (χ2n) is 6.07. The van der Waals surface area contributed by atoms with E-state index >= 15 is 0 Å². The van der Waals surface area contributed by atoms with Crippen molar-refractivity contribution in [3.05, 3.63) is 30.3 Å². The van der Waals surface area contributed by atoms with E-state index in [0.29, 0.717) is 0 Å². The predicted molar refractivity (Wildman–Crippen MR) is 92.0 cm³/mol. The number of unbranched alkanes of at least 4 members (excludes halogenated alkanes) is 2. The number of hydrogen-bond donors (Lipinski definition) is 0. The van der Waals surface area contributed by atoms with Gasteiger partial charge in [0.2, 0.25) is 0 Å². The van der Waals surface area contributed by atoms with Crippen molar-refractivity contribution in [3.8, 4) is 0 Å². The van der Waals surface area contributed by atoms with E-state index < -0.39 is 0 Å². The number of rotatable bonds is 6. The summed E-state index contributed by atoms with van der Waals surface area (Å²) in [6.45, 7) is 2.31. The molecule has 0 radical (unpaired) electrons. The molecule has 0 bridgehead atoms. The summed E-state index contributed by atoms with van der Waals surface area (Å²) in [4.78, 5) is 0. The van der Waals surface area contributed by atoms with Gasteiger partial charge in [-0.3, -0.25) is 0 Å². The highest BCUT2D eigenvalue weighted by molar-refractivity contribution is 8.93. The fraction of sp³-hybridized carbons (Fsp3) is 0.647. The summed E-state index contributed by atoms with van der Waals surface area (Å²) in [5.74, 6) is 1.07. The minimum Gasteiger partial charge on any atom is -0.173 e. The van der Waals surface area contributed by atoms with Gasteiger partial charge < -0.3 is 0 Å². The van der Waals surface area contributed by atoms with Gasteiger partial charge in [0, 0.05) is 0 Å². The van der Waals surface area contributed by atoms with Crippen LogP contribution in [0, 0.1) is 5.92 Å². The Kier molecular flexibility index (Phi) is 9.43. The lowest BCUT2D eigenvalue weighted by Crippen LogP contribution is -2.23. The van der Waals surface area contributed by atoms with Crippen LogP contribution in [-0.4, -0.2) is 20.4 Å². The van der Waals surface area contributed by atoms with Crippen LogP contribution in [0.5, 0.6) is 0 Å². The molecular formula is C17H27BrMg. The van der Waals surface area contributed by atoms with E-state index in [2.05, 4.69) is 37.3 Å². The molecule has 0 amide bonds. The van der Waals surface area contributed by atoms with E-state index in [1.165, 1.54) is 51.4 Å².